The molecule has 0 spiro atoms. The largest absolute Gasteiger partial charge is 0.395 e. The molecule has 0 atom stereocenters. The van der Waals surface area contributed by atoms with Crippen LogP contribution in [0.3, 0.4) is 0 Å². The van der Waals surface area contributed by atoms with Crippen LogP contribution in [0.2, 0.25) is 0 Å². The molecule has 5 heteroatoms. The fraction of sp³-hybridized carbons (Fsp3) is 0.538. The van der Waals surface area contributed by atoms with E-state index < -0.39 is 0 Å². The number of nitrogens with one attached hydrogen (secondary N) is 1. The molecule has 5 nitrogen and oxygen atoms in total. The van der Waals surface area contributed by atoms with Crippen LogP contribution in [0.5, 0.6) is 0 Å². The predicted octanol–water partition coefficient (Wildman–Crippen LogP) is 0.670. The van der Waals surface area contributed by atoms with Crippen LogP contribution >= 0.6 is 0 Å². The van der Waals surface area contributed by atoms with Crippen molar-refractivity contribution in [3.8, 4) is 0 Å². The highest BCUT2D eigenvalue weighted by Gasteiger charge is 2.29. The summed E-state index contributed by atoms with van der Waals surface area (Å²) in [5.74, 6) is -0.282. The molecule has 0 aromatic carbocycles. The lowest BCUT2D eigenvalue weighted by Crippen LogP contribution is -2.46. The van der Waals surface area contributed by atoms with Gasteiger partial charge in [0.1, 0.15) is 5.56 Å². The highest BCUT2D eigenvalue weighted by molar-refractivity contribution is 5.94. The molecule has 1 fully saturated rings. The standard InChI is InChI=1S/C13H18N2O3/c1-9-7-12(17)11(8-14-9)13(18)15(5-6-16)10-3-2-4-10/h7-8,10,16H,2-6H2,1H3,(H,14,17). The molecule has 1 heterocycles. The van der Waals surface area contributed by atoms with E-state index in [2.05, 4.69) is 4.98 Å². The molecular weight excluding hydrogens is 232 g/mol. The quantitative estimate of drug-likeness (QED) is 0.825. The van der Waals surface area contributed by atoms with Gasteiger partial charge in [-0.05, 0) is 26.2 Å². The molecule has 1 aliphatic rings. The normalized spacial score (nSPS) is 15.2. The summed E-state index contributed by atoms with van der Waals surface area (Å²) in [5, 5.41) is 9.03. The zero-order valence-electron chi connectivity index (χ0n) is 10.5. The van der Waals surface area contributed by atoms with E-state index in [9.17, 15) is 9.59 Å². The Morgan fingerprint density at radius 2 is 2.28 bits per heavy atom. The molecule has 0 unspecified atom stereocenters. The van der Waals surface area contributed by atoms with E-state index in [1.807, 2.05) is 0 Å². The molecule has 0 aliphatic heterocycles. The Morgan fingerprint density at radius 1 is 1.56 bits per heavy atom. The number of hydrogen-bond donors (Lipinski definition) is 2. The predicted molar refractivity (Wildman–Crippen MR) is 67.6 cm³/mol. The van der Waals surface area contributed by atoms with Crippen molar-refractivity contribution in [1.29, 1.82) is 0 Å². The number of aliphatic hydroxyl groups is 1. The van der Waals surface area contributed by atoms with Crippen LogP contribution in [-0.2, 0) is 0 Å². The molecule has 1 aliphatic carbocycles. The molecule has 0 radical (unpaired) electrons. The minimum absolute atomic E-state index is 0.0774. The van der Waals surface area contributed by atoms with Crippen LogP contribution in [0.1, 0.15) is 35.3 Å². The minimum atomic E-state index is -0.282. The maximum Gasteiger partial charge on any atom is 0.259 e. The van der Waals surface area contributed by atoms with Crippen LogP contribution in [0.25, 0.3) is 0 Å². The third kappa shape index (κ3) is 2.46. The fourth-order valence-electron chi connectivity index (χ4n) is 2.15. The molecule has 0 saturated heterocycles. The number of aryl methyl sites for hydroxylation is 1. The lowest BCUT2D eigenvalue weighted by molar-refractivity contribution is 0.0524. The molecular formula is C13H18N2O3. The fourth-order valence-corrected chi connectivity index (χ4v) is 2.15. The summed E-state index contributed by atoms with van der Waals surface area (Å²) in [6, 6.07) is 1.59. The molecule has 0 bridgehead atoms. The Morgan fingerprint density at radius 3 is 2.78 bits per heavy atom. The van der Waals surface area contributed by atoms with E-state index in [0.29, 0.717) is 0 Å². The summed E-state index contributed by atoms with van der Waals surface area (Å²) in [4.78, 5) is 28.6. The van der Waals surface area contributed by atoms with Gasteiger partial charge in [0.2, 0.25) is 0 Å². The van der Waals surface area contributed by atoms with Crippen molar-refractivity contribution >= 4 is 5.91 Å². The van der Waals surface area contributed by atoms with Gasteiger partial charge in [0.15, 0.2) is 5.43 Å². The minimum Gasteiger partial charge on any atom is -0.395 e. The van der Waals surface area contributed by atoms with Gasteiger partial charge in [-0.1, -0.05) is 0 Å². The van der Waals surface area contributed by atoms with Gasteiger partial charge in [-0.15, -0.1) is 0 Å². The number of nitrogens with zero attached hydrogens (tertiary/aromatic N) is 1. The summed E-state index contributed by atoms with van der Waals surface area (Å²) < 4.78 is 0. The number of H-pyrrole nitrogens is 1. The lowest BCUT2D eigenvalue weighted by Gasteiger charge is -2.37. The van der Waals surface area contributed by atoms with Gasteiger partial charge in [0.05, 0.1) is 6.61 Å². The number of aromatic nitrogens is 1. The average Bonchev–Trinajstić information content (AvgIpc) is 2.25. The Labute approximate surface area is 105 Å². The zero-order valence-corrected chi connectivity index (χ0v) is 10.5. The highest BCUT2D eigenvalue weighted by atomic mass is 16.3. The number of aromatic amines is 1. The van der Waals surface area contributed by atoms with Crippen molar-refractivity contribution in [3.05, 3.63) is 33.7 Å². The molecule has 1 saturated carbocycles. The summed E-state index contributed by atoms with van der Waals surface area (Å²) in [6.45, 7) is 1.98. The summed E-state index contributed by atoms with van der Waals surface area (Å²) >= 11 is 0. The molecule has 1 amide bonds. The van der Waals surface area contributed by atoms with Gasteiger partial charge in [-0.3, -0.25) is 9.59 Å². The summed E-state index contributed by atoms with van der Waals surface area (Å²) in [5.41, 5.74) is 0.619. The number of rotatable bonds is 4. The number of hydrogen-bond acceptors (Lipinski definition) is 3. The molecule has 1 aromatic heterocycles. The zero-order chi connectivity index (χ0) is 13.1. The Bertz CT molecular complexity index is 491. The SMILES string of the molecule is Cc1cc(=O)c(C(=O)N(CCO)C2CCC2)c[nH]1. The van der Waals surface area contributed by atoms with Gasteiger partial charge in [-0.2, -0.15) is 0 Å². The van der Waals surface area contributed by atoms with E-state index in [-0.39, 0.29) is 36.1 Å². The summed E-state index contributed by atoms with van der Waals surface area (Å²) in [6.07, 6.45) is 4.47. The van der Waals surface area contributed by atoms with Crippen molar-refractivity contribution in [2.45, 2.75) is 32.2 Å². The summed E-state index contributed by atoms with van der Waals surface area (Å²) in [7, 11) is 0. The third-order valence-corrected chi connectivity index (χ3v) is 3.40. The van der Waals surface area contributed by atoms with Crippen molar-refractivity contribution in [2.24, 2.45) is 0 Å². The molecule has 2 rings (SSSR count). The Hall–Kier alpha value is -1.62. The molecule has 18 heavy (non-hydrogen) atoms. The second kappa shape index (κ2) is 5.35. The van der Waals surface area contributed by atoms with Crippen molar-refractivity contribution < 1.29 is 9.90 Å². The number of amides is 1. The average molecular weight is 250 g/mol. The van der Waals surface area contributed by atoms with Crippen LogP contribution in [0.4, 0.5) is 0 Å². The van der Waals surface area contributed by atoms with Crippen molar-refractivity contribution in [3.63, 3.8) is 0 Å². The van der Waals surface area contributed by atoms with Gasteiger partial charge < -0.3 is 15.0 Å². The van der Waals surface area contributed by atoms with Gasteiger partial charge in [0.25, 0.3) is 5.91 Å². The smallest absolute Gasteiger partial charge is 0.259 e. The van der Waals surface area contributed by atoms with E-state index in [4.69, 9.17) is 5.11 Å². The van der Waals surface area contributed by atoms with Crippen LogP contribution in [-0.4, -0.2) is 40.1 Å². The monoisotopic (exact) mass is 250 g/mol. The topological polar surface area (TPSA) is 73.4 Å². The van der Waals surface area contributed by atoms with Crippen molar-refractivity contribution in [1.82, 2.24) is 9.88 Å². The number of aliphatic hydroxyl groups excluding tert-OH is 1. The number of pyridine rings is 1. The van der Waals surface area contributed by atoms with Gasteiger partial charge >= 0.3 is 0 Å². The first-order valence-corrected chi connectivity index (χ1v) is 6.24. The van der Waals surface area contributed by atoms with Gasteiger partial charge in [-0.25, -0.2) is 0 Å². The molecule has 98 valence electrons. The van der Waals surface area contributed by atoms with E-state index in [1.165, 1.54) is 12.3 Å². The first-order valence-electron chi connectivity index (χ1n) is 6.24. The van der Waals surface area contributed by atoms with Crippen LogP contribution in [0, 0.1) is 6.92 Å². The number of carbonyl (C=O) groups is 1. The Balaban J connectivity index is 2.24. The first-order chi connectivity index (χ1) is 8.63. The van der Waals surface area contributed by atoms with Crippen LogP contribution in [0.15, 0.2) is 17.1 Å². The third-order valence-electron chi connectivity index (χ3n) is 3.40. The second-order valence-electron chi connectivity index (χ2n) is 4.70. The maximum atomic E-state index is 12.3. The van der Waals surface area contributed by atoms with Gasteiger partial charge in [0, 0.05) is 30.5 Å². The highest BCUT2D eigenvalue weighted by Crippen LogP contribution is 2.25. The van der Waals surface area contributed by atoms with Crippen LogP contribution < -0.4 is 5.43 Å². The van der Waals surface area contributed by atoms with E-state index >= 15 is 0 Å². The van der Waals surface area contributed by atoms with E-state index in [1.54, 1.807) is 11.8 Å². The molecule has 1 aromatic rings. The van der Waals surface area contributed by atoms with Crippen molar-refractivity contribution in [2.75, 3.05) is 13.2 Å². The lowest BCUT2D eigenvalue weighted by atomic mass is 9.91. The Kier molecular flexibility index (Phi) is 3.81. The maximum absolute atomic E-state index is 12.3. The second-order valence-corrected chi connectivity index (χ2v) is 4.70. The first kappa shape index (κ1) is 12.8. The molecule has 2 N–H and O–H groups in total. The number of carbonyl (C=O) groups excluding carboxylic acids is 1. The van der Waals surface area contributed by atoms with E-state index in [0.717, 1.165) is 25.0 Å².